The molecule has 5 nitrogen and oxygen atoms in total. The van der Waals surface area contributed by atoms with Crippen molar-refractivity contribution in [2.45, 2.75) is 32.7 Å². The summed E-state index contributed by atoms with van der Waals surface area (Å²) in [5.74, 6) is -0.649. The molecule has 5 heteroatoms. The first kappa shape index (κ1) is 17.7. The lowest BCUT2D eigenvalue weighted by Gasteiger charge is -2.19. The van der Waals surface area contributed by atoms with Crippen LogP contribution < -0.4 is 5.32 Å². The minimum absolute atomic E-state index is 0.202. The van der Waals surface area contributed by atoms with E-state index < -0.39 is 0 Å². The number of carbonyl (C=O) groups excluding carboxylic acids is 2. The maximum atomic E-state index is 13.3. The smallest absolute Gasteiger partial charge is 0.259 e. The molecule has 1 atom stereocenters. The molecule has 3 aromatic rings. The first-order valence-electron chi connectivity index (χ1n) is 9.98. The number of nitrogens with one attached hydrogen (secondary N) is 1. The van der Waals surface area contributed by atoms with Crippen molar-refractivity contribution >= 4 is 28.4 Å². The standard InChI is InChI=1S/C24H23N3O2/c1-14(2)26-12-17-21(16-8-5-4-6-9-16)23-19(13-27(15(3)28)24(23)29)25-18-10-7-11-20(26)22(17)18/h4-12,14,21,25H,13H2,1-3H3/t21-/m0/s1. The molecule has 2 aromatic carbocycles. The van der Waals surface area contributed by atoms with Crippen LogP contribution in [-0.2, 0) is 9.59 Å². The number of hydrogen-bond acceptors (Lipinski definition) is 3. The van der Waals surface area contributed by atoms with Crippen molar-refractivity contribution in [3.63, 3.8) is 0 Å². The summed E-state index contributed by atoms with van der Waals surface area (Å²) >= 11 is 0. The summed E-state index contributed by atoms with van der Waals surface area (Å²) in [6.45, 7) is 6.06. The third-order valence-corrected chi connectivity index (χ3v) is 5.96. The average Bonchev–Trinajstić information content (AvgIpc) is 3.19. The highest BCUT2D eigenvalue weighted by molar-refractivity contribution is 6.11. The van der Waals surface area contributed by atoms with E-state index in [1.807, 2.05) is 24.3 Å². The van der Waals surface area contributed by atoms with Crippen molar-refractivity contribution in [1.29, 1.82) is 0 Å². The minimum Gasteiger partial charge on any atom is -0.356 e. The van der Waals surface area contributed by atoms with Crippen molar-refractivity contribution in [2.24, 2.45) is 0 Å². The van der Waals surface area contributed by atoms with Crippen molar-refractivity contribution in [2.75, 3.05) is 11.9 Å². The SMILES string of the molecule is CC(=O)N1CC2=C(C1=O)[C@@H](c1ccccc1)c1cn(C(C)C)c3cccc(c13)N2. The van der Waals surface area contributed by atoms with E-state index in [0.29, 0.717) is 11.6 Å². The van der Waals surface area contributed by atoms with E-state index in [-0.39, 0.29) is 24.3 Å². The van der Waals surface area contributed by atoms with Gasteiger partial charge in [0, 0.05) is 41.9 Å². The zero-order valence-electron chi connectivity index (χ0n) is 16.8. The summed E-state index contributed by atoms with van der Waals surface area (Å²) in [5, 5.41) is 4.65. The van der Waals surface area contributed by atoms with Crippen LogP contribution in [0.2, 0.25) is 0 Å². The molecule has 5 rings (SSSR count). The summed E-state index contributed by atoms with van der Waals surface area (Å²) < 4.78 is 2.26. The number of amides is 2. The van der Waals surface area contributed by atoms with Gasteiger partial charge >= 0.3 is 0 Å². The Hall–Kier alpha value is -3.34. The quantitative estimate of drug-likeness (QED) is 0.710. The third-order valence-electron chi connectivity index (χ3n) is 5.96. The number of aromatic nitrogens is 1. The lowest BCUT2D eigenvalue weighted by molar-refractivity contribution is -0.139. The van der Waals surface area contributed by atoms with E-state index in [9.17, 15) is 9.59 Å². The van der Waals surface area contributed by atoms with E-state index in [2.05, 4.69) is 54.2 Å². The Morgan fingerprint density at radius 1 is 1.10 bits per heavy atom. The van der Waals surface area contributed by atoms with Crippen LogP contribution in [0.1, 0.15) is 43.9 Å². The molecule has 0 fully saturated rings. The second-order valence-corrected chi connectivity index (χ2v) is 8.06. The van der Waals surface area contributed by atoms with Gasteiger partial charge in [0.05, 0.1) is 17.6 Å². The molecule has 0 saturated heterocycles. The number of nitrogens with zero attached hydrogens (tertiary/aromatic N) is 2. The van der Waals surface area contributed by atoms with Gasteiger partial charge < -0.3 is 9.88 Å². The Morgan fingerprint density at radius 3 is 2.55 bits per heavy atom. The second kappa shape index (κ2) is 6.34. The molecule has 1 aromatic heterocycles. The van der Waals surface area contributed by atoms with Gasteiger partial charge in [-0.3, -0.25) is 14.5 Å². The largest absolute Gasteiger partial charge is 0.356 e. The zero-order chi connectivity index (χ0) is 20.3. The lowest BCUT2D eigenvalue weighted by Crippen LogP contribution is -2.33. The average molecular weight is 385 g/mol. The van der Waals surface area contributed by atoms with E-state index in [0.717, 1.165) is 33.4 Å². The highest BCUT2D eigenvalue weighted by atomic mass is 16.2. The third kappa shape index (κ3) is 2.54. The molecule has 0 aliphatic carbocycles. The Balaban J connectivity index is 1.83. The van der Waals surface area contributed by atoms with Gasteiger partial charge in [0.15, 0.2) is 0 Å². The number of anilines is 1. The predicted molar refractivity (Wildman–Crippen MR) is 114 cm³/mol. The molecule has 0 saturated carbocycles. The fourth-order valence-electron chi connectivity index (χ4n) is 4.65. The summed E-state index contributed by atoms with van der Waals surface area (Å²) in [7, 11) is 0. The van der Waals surface area contributed by atoms with Crippen molar-refractivity contribution < 1.29 is 9.59 Å². The van der Waals surface area contributed by atoms with Crippen LogP contribution in [-0.4, -0.2) is 27.8 Å². The van der Waals surface area contributed by atoms with Crippen LogP contribution in [0.4, 0.5) is 5.69 Å². The van der Waals surface area contributed by atoms with E-state index in [1.165, 1.54) is 11.8 Å². The van der Waals surface area contributed by atoms with E-state index in [4.69, 9.17) is 0 Å². The van der Waals surface area contributed by atoms with Crippen LogP contribution >= 0.6 is 0 Å². The predicted octanol–water partition coefficient (Wildman–Crippen LogP) is 4.42. The van der Waals surface area contributed by atoms with Crippen molar-refractivity contribution in [1.82, 2.24) is 9.47 Å². The van der Waals surface area contributed by atoms with Gasteiger partial charge in [-0.05, 0) is 37.1 Å². The second-order valence-electron chi connectivity index (χ2n) is 8.06. The molecule has 0 spiro atoms. The Bertz CT molecular complexity index is 1190. The van der Waals surface area contributed by atoms with Crippen molar-refractivity contribution in [3.8, 4) is 0 Å². The summed E-state index contributed by atoms with van der Waals surface area (Å²) in [6.07, 6.45) is 2.18. The molecule has 0 radical (unpaired) electrons. The normalized spacial score (nSPS) is 18.3. The maximum absolute atomic E-state index is 13.3. The van der Waals surface area contributed by atoms with Crippen LogP contribution in [0.15, 0.2) is 66.0 Å². The Labute approximate surface area is 169 Å². The van der Waals surface area contributed by atoms with Gasteiger partial charge in [0.1, 0.15) is 0 Å². The number of benzene rings is 2. The molecule has 2 aliphatic heterocycles. The number of hydrogen-bond donors (Lipinski definition) is 1. The molecule has 2 amide bonds. The zero-order valence-corrected chi connectivity index (χ0v) is 16.8. The first-order valence-corrected chi connectivity index (χ1v) is 9.98. The molecule has 146 valence electrons. The highest BCUT2D eigenvalue weighted by Gasteiger charge is 2.41. The molecule has 0 unspecified atom stereocenters. The number of carbonyl (C=O) groups is 2. The molecule has 29 heavy (non-hydrogen) atoms. The number of rotatable bonds is 2. The molecular formula is C24H23N3O2. The Kier molecular flexibility index (Phi) is 3.88. The van der Waals surface area contributed by atoms with Gasteiger partial charge in [-0.2, -0.15) is 0 Å². The highest BCUT2D eigenvalue weighted by Crippen LogP contribution is 2.46. The topological polar surface area (TPSA) is 54.3 Å². The van der Waals surface area contributed by atoms with E-state index >= 15 is 0 Å². The fourth-order valence-corrected chi connectivity index (χ4v) is 4.65. The summed E-state index contributed by atoms with van der Waals surface area (Å²) in [4.78, 5) is 26.8. The monoisotopic (exact) mass is 385 g/mol. The van der Waals surface area contributed by atoms with Gasteiger partial charge in [-0.15, -0.1) is 0 Å². The molecule has 0 bridgehead atoms. The Morgan fingerprint density at radius 2 is 1.86 bits per heavy atom. The lowest BCUT2D eigenvalue weighted by atomic mass is 9.84. The van der Waals surface area contributed by atoms with Crippen LogP contribution in [0.25, 0.3) is 10.9 Å². The summed E-state index contributed by atoms with van der Waals surface area (Å²) in [6, 6.07) is 16.6. The first-order chi connectivity index (χ1) is 14.0. The molecule has 2 aliphatic rings. The van der Waals surface area contributed by atoms with Gasteiger partial charge in [0.25, 0.3) is 5.91 Å². The van der Waals surface area contributed by atoms with Crippen LogP contribution in [0, 0.1) is 0 Å². The van der Waals surface area contributed by atoms with Crippen LogP contribution in [0.5, 0.6) is 0 Å². The van der Waals surface area contributed by atoms with Crippen molar-refractivity contribution in [3.05, 3.63) is 77.1 Å². The fraction of sp³-hybridized carbons (Fsp3) is 0.250. The number of imide groups is 1. The molecule has 1 N–H and O–H groups in total. The van der Waals surface area contributed by atoms with Crippen LogP contribution in [0.3, 0.4) is 0 Å². The summed E-state index contributed by atoms with van der Waals surface area (Å²) in [5.41, 5.74) is 5.79. The maximum Gasteiger partial charge on any atom is 0.259 e. The van der Waals surface area contributed by atoms with Gasteiger partial charge in [0.2, 0.25) is 5.91 Å². The molecular weight excluding hydrogens is 362 g/mol. The van der Waals surface area contributed by atoms with Gasteiger partial charge in [-0.1, -0.05) is 36.4 Å². The van der Waals surface area contributed by atoms with Gasteiger partial charge in [-0.25, -0.2) is 0 Å². The molecule has 3 heterocycles. The minimum atomic E-state index is -0.227. The van der Waals surface area contributed by atoms with E-state index in [1.54, 1.807) is 0 Å².